The lowest BCUT2D eigenvalue weighted by Gasteiger charge is -2.06. The zero-order valence-electron chi connectivity index (χ0n) is 10.8. The fraction of sp³-hybridized carbons (Fsp3) is 0.286. The van der Waals surface area contributed by atoms with Gasteiger partial charge in [0.2, 0.25) is 0 Å². The molecule has 0 aliphatic rings. The molecule has 0 aromatic heterocycles. The van der Waals surface area contributed by atoms with E-state index in [0.29, 0.717) is 17.9 Å². The highest BCUT2D eigenvalue weighted by Crippen LogP contribution is 2.27. The SMILES string of the molecule is CCOC(=O)/C(C#N)=C\c1ccc(O)c(OCC)c1. The summed E-state index contributed by atoms with van der Waals surface area (Å²) < 4.78 is 9.98. The number of rotatable bonds is 5. The van der Waals surface area contributed by atoms with Crippen molar-refractivity contribution in [2.24, 2.45) is 0 Å². The minimum absolute atomic E-state index is 0.00800. The van der Waals surface area contributed by atoms with Gasteiger partial charge in [0.25, 0.3) is 0 Å². The second-order valence-corrected chi connectivity index (χ2v) is 3.55. The van der Waals surface area contributed by atoms with Gasteiger partial charge in [-0.3, -0.25) is 0 Å². The second kappa shape index (κ2) is 7.07. The van der Waals surface area contributed by atoms with E-state index in [-0.39, 0.29) is 17.9 Å². The molecule has 0 aliphatic carbocycles. The molecule has 0 fully saturated rings. The van der Waals surface area contributed by atoms with Gasteiger partial charge in [-0.05, 0) is 37.6 Å². The molecule has 1 aromatic rings. The van der Waals surface area contributed by atoms with Crippen LogP contribution in [0.3, 0.4) is 0 Å². The molecule has 1 aromatic carbocycles. The molecule has 0 saturated carbocycles. The Bertz CT molecular complexity index is 529. The van der Waals surface area contributed by atoms with E-state index in [2.05, 4.69) is 0 Å². The van der Waals surface area contributed by atoms with Gasteiger partial charge in [-0.2, -0.15) is 5.26 Å². The van der Waals surface area contributed by atoms with Gasteiger partial charge >= 0.3 is 5.97 Å². The maximum Gasteiger partial charge on any atom is 0.348 e. The molecule has 0 saturated heterocycles. The molecule has 0 atom stereocenters. The first-order chi connectivity index (χ1) is 9.12. The number of benzene rings is 1. The van der Waals surface area contributed by atoms with Crippen LogP contribution in [0.25, 0.3) is 6.08 Å². The van der Waals surface area contributed by atoms with Crippen LogP contribution in [-0.2, 0) is 9.53 Å². The number of aromatic hydroxyl groups is 1. The molecule has 1 rings (SSSR count). The molecular formula is C14H15NO4. The van der Waals surface area contributed by atoms with Crippen molar-refractivity contribution in [3.05, 3.63) is 29.3 Å². The Labute approximate surface area is 111 Å². The van der Waals surface area contributed by atoms with E-state index in [1.54, 1.807) is 32.0 Å². The van der Waals surface area contributed by atoms with Crippen molar-refractivity contribution >= 4 is 12.0 Å². The van der Waals surface area contributed by atoms with Crippen molar-refractivity contribution in [2.45, 2.75) is 13.8 Å². The first-order valence-electron chi connectivity index (χ1n) is 5.87. The van der Waals surface area contributed by atoms with E-state index in [9.17, 15) is 9.90 Å². The summed E-state index contributed by atoms with van der Waals surface area (Å²) in [7, 11) is 0. The summed E-state index contributed by atoms with van der Waals surface area (Å²) in [6, 6.07) is 6.35. The lowest BCUT2D eigenvalue weighted by Crippen LogP contribution is -2.06. The largest absolute Gasteiger partial charge is 0.504 e. The van der Waals surface area contributed by atoms with Gasteiger partial charge in [0, 0.05) is 0 Å². The lowest BCUT2D eigenvalue weighted by atomic mass is 10.1. The van der Waals surface area contributed by atoms with Crippen molar-refractivity contribution in [3.63, 3.8) is 0 Å². The number of hydrogen-bond donors (Lipinski definition) is 1. The number of esters is 1. The molecular weight excluding hydrogens is 246 g/mol. The Morgan fingerprint density at radius 3 is 2.74 bits per heavy atom. The van der Waals surface area contributed by atoms with Crippen LogP contribution in [0.5, 0.6) is 11.5 Å². The third kappa shape index (κ3) is 4.03. The predicted octanol–water partition coefficient (Wildman–Crippen LogP) is 2.26. The molecule has 0 heterocycles. The zero-order valence-corrected chi connectivity index (χ0v) is 10.8. The first-order valence-corrected chi connectivity index (χ1v) is 5.87. The quantitative estimate of drug-likeness (QED) is 0.499. The topological polar surface area (TPSA) is 79.6 Å². The van der Waals surface area contributed by atoms with Gasteiger partial charge in [-0.15, -0.1) is 0 Å². The minimum atomic E-state index is -0.670. The highest BCUT2D eigenvalue weighted by Gasteiger charge is 2.10. The third-order valence-electron chi connectivity index (χ3n) is 2.21. The Balaban J connectivity index is 3.06. The van der Waals surface area contributed by atoms with Crippen LogP contribution in [0, 0.1) is 11.3 Å². The average molecular weight is 261 g/mol. The number of ether oxygens (including phenoxy) is 2. The van der Waals surface area contributed by atoms with Crippen LogP contribution in [0.1, 0.15) is 19.4 Å². The van der Waals surface area contributed by atoms with Crippen LogP contribution in [0.2, 0.25) is 0 Å². The molecule has 0 spiro atoms. The summed E-state index contributed by atoms with van der Waals surface area (Å²) in [6.07, 6.45) is 1.39. The summed E-state index contributed by atoms with van der Waals surface area (Å²) in [4.78, 5) is 11.5. The van der Waals surface area contributed by atoms with Crippen LogP contribution >= 0.6 is 0 Å². The van der Waals surface area contributed by atoms with Gasteiger partial charge in [-0.25, -0.2) is 4.79 Å². The van der Waals surface area contributed by atoms with E-state index in [1.807, 2.05) is 0 Å². The minimum Gasteiger partial charge on any atom is -0.504 e. The summed E-state index contributed by atoms with van der Waals surface area (Å²) in [5.41, 5.74) is 0.473. The van der Waals surface area contributed by atoms with E-state index in [4.69, 9.17) is 14.7 Å². The van der Waals surface area contributed by atoms with Crippen molar-refractivity contribution in [1.82, 2.24) is 0 Å². The van der Waals surface area contributed by atoms with E-state index in [0.717, 1.165) is 0 Å². The van der Waals surface area contributed by atoms with E-state index in [1.165, 1.54) is 12.1 Å². The van der Waals surface area contributed by atoms with Crippen LogP contribution < -0.4 is 4.74 Å². The number of phenolic OH excluding ortho intramolecular Hbond substituents is 1. The summed E-state index contributed by atoms with van der Waals surface area (Å²) in [5.74, 6) is -0.359. The zero-order chi connectivity index (χ0) is 14.3. The van der Waals surface area contributed by atoms with E-state index < -0.39 is 5.97 Å². The number of nitriles is 1. The maximum absolute atomic E-state index is 11.5. The molecule has 5 nitrogen and oxygen atoms in total. The first kappa shape index (κ1) is 14.6. The number of carbonyl (C=O) groups is 1. The summed E-state index contributed by atoms with van der Waals surface area (Å²) in [5, 5.41) is 18.5. The number of carbonyl (C=O) groups excluding carboxylic acids is 1. The number of nitrogens with zero attached hydrogens (tertiary/aromatic N) is 1. The van der Waals surface area contributed by atoms with Gasteiger partial charge in [0.15, 0.2) is 11.5 Å². The van der Waals surface area contributed by atoms with Gasteiger partial charge in [0.05, 0.1) is 13.2 Å². The number of phenols is 1. The molecule has 0 aliphatic heterocycles. The van der Waals surface area contributed by atoms with Crippen molar-refractivity contribution in [1.29, 1.82) is 5.26 Å². The second-order valence-electron chi connectivity index (χ2n) is 3.55. The standard InChI is InChI=1S/C14H15NO4/c1-3-18-13-8-10(5-6-12(13)16)7-11(9-15)14(17)19-4-2/h5-8,16H,3-4H2,1-2H3/b11-7-. The van der Waals surface area contributed by atoms with Gasteiger partial charge < -0.3 is 14.6 Å². The third-order valence-corrected chi connectivity index (χ3v) is 2.21. The normalized spacial score (nSPS) is 10.7. The maximum atomic E-state index is 11.5. The van der Waals surface area contributed by atoms with Crippen molar-refractivity contribution in [3.8, 4) is 17.6 Å². The van der Waals surface area contributed by atoms with Gasteiger partial charge in [-0.1, -0.05) is 6.07 Å². The molecule has 0 radical (unpaired) electrons. The number of hydrogen-bond acceptors (Lipinski definition) is 5. The monoisotopic (exact) mass is 261 g/mol. The van der Waals surface area contributed by atoms with Crippen LogP contribution in [-0.4, -0.2) is 24.3 Å². The molecule has 0 bridgehead atoms. The predicted molar refractivity (Wildman–Crippen MR) is 69.5 cm³/mol. The Morgan fingerprint density at radius 1 is 1.42 bits per heavy atom. The summed E-state index contributed by atoms with van der Waals surface area (Å²) in [6.45, 7) is 4.07. The fourth-order valence-corrected chi connectivity index (χ4v) is 1.40. The Morgan fingerprint density at radius 2 is 2.16 bits per heavy atom. The summed E-state index contributed by atoms with van der Waals surface area (Å²) >= 11 is 0. The van der Waals surface area contributed by atoms with Crippen LogP contribution in [0.15, 0.2) is 23.8 Å². The Kier molecular flexibility index (Phi) is 5.42. The molecule has 1 N–H and O–H groups in total. The van der Waals surface area contributed by atoms with Crippen molar-refractivity contribution in [2.75, 3.05) is 13.2 Å². The lowest BCUT2D eigenvalue weighted by molar-refractivity contribution is -0.137. The Hall–Kier alpha value is -2.48. The molecule has 0 unspecified atom stereocenters. The molecule has 100 valence electrons. The fourth-order valence-electron chi connectivity index (χ4n) is 1.40. The smallest absolute Gasteiger partial charge is 0.348 e. The van der Waals surface area contributed by atoms with Gasteiger partial charge in [0.1, 0.15) is 11.6 Å². The molecule has 19 heavy (non-hydrogen) atoms. The van der Waals surface area contributed by atoms with E-state index >= 15 is 0 Å². The van der Waals surface area contributed by atoms with Crippen LogP contribution in [0.4, 0.5) is 0 Å². The highest BCUT2D eigenvalue weighted by atomic mass is 16.5. The highest BCUT2D eigenvalue weighted by molar-refractivity contribution is 5.97. The average Bonchev–Trinajstić information content (AvgIpc) is 2.40. The molecule has 5 heteroatoms. The molecule has 0 amide bonds. The van der Waals surface area contributed by atoms with Crippen molar-refractivity contribution < 1.29 is 19.4 Å².